The Labute approximate surface area is 187 Å². The average Bonchev–Trinajstić information content (AvgIpc) is 2.85. The van der Waals surface area contributed by atoms with Crippen molar-refractivity contribution < 1.29 is 4.79 Å². The number of piperidine rings is 1. The van der Waals surface area contributed by atoms with Gasteiger partial charge in [-0.25, -0.2) is 4.98 Å². The Morgan fingerprint density at radius 2 is 1.66 bits per heavy atom. The summed E-state index contributed by atoms with van der Waals surface area (Å²) in [4.78, 5) is 25.4. The second-order valence-corrected chi connectivity index (χ2v) is 8.78. The standard InChI is InChI=1S/C27H24N4O/c32-19-30-15-14-27(22-11-5-4-10-21(22)20-8-2-1-3-9-20)18-31(25(27)17-30)26-16-28-23-12-6-7-13-24(23)29-26/h1-13,16,19,25H,14-15,17-18H2/t25-,27+/m1/s1. The number of aromatic nitrogens is 2. The number of carbonyl (C=O) groups excluding carboxylic acids is 1. The number of hydrogen-bond donors (Lipinski definition) is 0. The highest BCUT2D eigenvalue weighted by Gasteiger charge is 2.57. The summed E-state index contributed by atoms with van der Waals surface area (Å²) in [6, 6.07) is 27.5. The van der Waals surface area contributed by atoms with E-state index in [0.717, 1.165) is 42.8 Å². The van der Waals surface area contributed by atoms with Crippen LogP contribution < -0.4 is 4.90 Å². The Morgan fingerprint density at radius 1 is 0.906 bits per heavy atom. The molecule has 6 rings (SSSR count). The summed E-state index contributed by atoms with van der Waals surface area (Å²) in [7, 11) is 0. The number of carbonyl (C=O) groups is 1. The van der Waals surface area contributed by atoms with Gasteiger partial charge in [0.1, 0.15) is 5.82 Å². The Kier molecular flexibility index (Phi) is 4.42. The fraction of sp³-hybridized carbons (Fsp3) is 0.222. The summed E-state index contributed by atoms with van der Waals surface area (Å²) < 4.78 is 0. The van der Waals surface area contributed by atoms with Gasteiger partial charge >= 0.3 is 0 Å². The van der Waals surface area contributed by atoms with Gasteiger partial charge in [0.2, 0.25) is 6.41 Å². The molecule has 0 spiro atoms. The third-order valence-electron chi connectivity index (χ3n) is 7.15. The molecule has 1 aromatic heterocycles. The van der Waals surface area contributed by atoms with Crippen molar-refractivity contribution in [2.24, 2.45) is 0 Å². The first-order chi connectivity index (χ1) is 15.8. The van der Waals surface area contributed by atoms with Gasteiger partial charge in [0.25, 0.3) is 0 Å². The minimum absolute atomic E-state index is 0.0146. The van der Waals surface area contributed by atoms with Gasteiger partial charge in [0, 0.05) is 25.0 Å². The number of rotatable bonds is 4. The van der Waals surface area contributed by atoms with E-state index >= 15 is 0 Å². The molecule has 2 aliphatic heterocycles. The Morgan fingerprint density at radius 3 is 2.50 bits per heavy atom. The quantitative estimate of drug-likeness (QED) is 0.462. The normalized spacial score (nSPS) is 22.3. The zero-order chi connectivity index (χ0) is 21.5. The highest BCUT2D eigenvalue weighted by molar-refractivity contribution is 5.76. The molecular formula is C27H24N4O. The van der Waals surface area contributed by atoms with Crippen molar-refractivity contribution in [1.82, 2.24) is 14.9 Å². The maximum Gasteiger partial charge on any atom is 0.209 e. The molecular weight excluding hydrogens is 396 g/mol. The first kappa shape index (κ1) is 19.0. The molecule has 2 saturated heterocycles. The molecule has 32 heavy (non-hydrogen) atoms. The smallest absolute Gasteiger partial charge is 0.209 e. The van der Waals surface area contributed by atoms with E-state index in [4.69, 9.17) is 4.98 Å². The molecule has 0 saturated carbocycles. The van der Waals surface area contributed by atoms with Gasteiger partial charge in [0.05, 0.1) is 23.3 Å². The van der Waals surface area contributed by atoms with Gasteiger partial charge in [-0.2, -0.15) is 0 Å². The molecule has 0 aliphatic carbocycles. The molecule has 0 radical (unpaired) electrons. The van der Waals surface area contributed by atoms with Crippen molar-refractivity contribution in [3.63, 3.8) is 0 Å². The van der Waals surface area contributed by atoms with Gasteiger partial charge in [-0.15, -0.1) is 0 Å². The fourth-order valence-corrected chi connectivity index (χ4v) is 5.49. The van der Waals surface area contributed by atoms with Crippen LogP contribution in [-0.2, 0) is 10.2 Å². The molecule has 1 amide bonds. The van der Waals surface area contributed by atoms with Gasteiger partial charge in [-0.1, -0.05) is 66.7 Å². The molecule has 5 heteroatoms. The van der Waals surface area contributed by atoms with E-state index in [0.29, 0.717) is 6.54 Å². The van der Waals surface area contributed by atoms with Crippen LogP contribution in [0.2, 0.25) is 0 Å². The van der Waals surface area contributed by atoms with E-state index in [2.05, 4.69) is 64.5 Å². The second-order valence-electron chi connectivity index (χ2n) is 8.78. The lowest BCUT2D eigenvalue weighted by atomic mass is 9.61. The van der Waals surface area contributed by atoms with Crippen LogP contribution in [0.4, 0.5) is 5.82 Å². The zero-order valence-electron chi connectivity index (χ0n) is 17.8. The van der Waals surface area contributed by atoms with Crippen molar-refractivity contribution >= 4 is 23.3 Å². The predicted octanol–water partition coefficient (Wildman–Crippen LogP) is 4.29. The number of anilines is 1. The van der Waals surface area contributed by atoms with Crippen LogP contribution in [-0.4, -0.2) is 47.0 Å². The Bertz CT molecular complexity index is 1290. The number of benzene rings is 3. The number of nitrogens with zero attached hydrogens (tertiary/aromatic N) is 4. The van der Waals surface area contributed by atoms with Gasteiger partial charge < -0.3 is 9.80 Å². The maximum atomic E-state index is 11.7. The van der Waals surface area contributed by atoms with Gasteiger partial charge in [0.15, 0.2) is 0 Å². The van der Waals surface area contributed by atoms with E-state index in [-0.39, 0.29) is 11.5 Å². The lowest BCUT2D eigenvalue weighted by Crippen LogP contribution is -2.74. The summed E-state index contributed by atoms with van der Waals surface area (Å²) >= 11 is 0. The third-order valence-corrected chi connectivity index (χ3v) is 7.15. The van der Waals surface area contributed by atoms with Crippen molar-refractivity contribution in [2.45, 2.75) is 17.9 Å². The average molecular weight is 421 g/mol. The third kappa shape index (κ3) is 2.88. The van der Waals surface area contributed by atoms with Gasteiger partial charge in [-0.3, -0.25) is 9.78 Å². The zero-order valence-corrected chi connectivity index (χ0v) is 17.8. The van der Waals surface area contributed by atoms with Crippen molar-refractivity contribution in [3.8, 4) is 11.1 Å². The SMILES string of the molecule is O=CN1CC[C@@]2(c3ccccc3-c3ccccc3)CN(c3cnc4ccccc4n3)[C@@H]2C1. The molecule has 2 aliphatic rings. The molecule has 158 valence electrons. The summed E-state index contributed by atoms with van der Waals surface area (Å²) in [6.07, 6.45) is 3.79. The number of likely N-dealkylation sites (tertiary alicyclic amines) is 1. The molecule has 2 fully saturated rings. The lowest BCUT2D eigenvalue weighted by molar-refractivity contribution is -0.120. The second kappa shape index (κ2) is 7.45. The van der Waals surface area contributed by atoms with Crippen LogP contribution >= 0.6 is 0 Å². The maximum absolute atomic E-state index is 11.7. The summed E-state index contributed by atoms with van der Waals surface area (Å²) in [5.41, 5.74) is 5.66. The van der Waals surface area contributed by atoms with E-state index in [1.165, 1.54) is 16.7 Å². The number of hydrogen-bond acceptors (Lipinski definition) is 4. The van der Waals surface area contributed by atoms with Crippen LogP contribution in [0, 0.1) is 0 Å². The van der Waals surface area contributed by atoms with Crippen LogP contribution in [0.5, 0.6) is 0 Å². The molecule has 4 aromatic rings. The van der Waals surface area contributed by atoms with E-state index in [1.54, 1.807) is 0 Å². The van der Waals surface area contributed by atoms with Crippen LogP contribution in [0.25, 0.3) is 22.2 Å². The predicted molar refractivity (Wildman–Crippen MR) is 126 cm³/mol. The topological polar surface area (TPSA) is 49.3 Å². The highest BCUT2D eigenvalue weighted by Crippen LogP contribution is 2.50. The summed E-state index contributed by atoms with van der Waals surface area (Å²) in [6.45, 7) is 2.35. The molecule has 3 heterocycles. The molecule has 0 unspecified atom stereocenters. The molecule has 3 aromatic carbocycles. The van der Waals surface area contributed by atoms with E-state index in [1.807, 2.05) is 35.4 Å². The van der Waals surface area contributed by atoms with Crippen molar-refractivity contribution in [1.29, 1.82) is 0 Å². The molecule has 2 atom stereocenters. The first-order valence-electron chi connectivity index (χ1n) is 11.1. The van der Waals surface area contributed by atoms with Crippen molar-refractivity contribution in [2.75, 3.05) is 24.5 Å². The van der Waals surface area contributed by atoms with Crippen molar-refractivity contribution in [3.05, 3.63) is 90.6 Å². The van der Waals surface area contributed by atoms with Crippen LogP contribution in [0.3, 0.4) is 0 Å². The summed E-state index contributed by atoms with van der Waals surface area (Å²) in [5, 5.41) is 0. The number of fused-ring (bicyclic) bond motifs is 2. The minimum Gasteiger partial charge on any atom is -0.349 e. The van der Waals surface area contributed by atoms with E-state index in [9.17, 15) is 4.79 Å². The van der Waals surface area contributed by atoms with Crippen LogP contribution in [0.1, 0.15) is 12.0 Å². The monoisotopic (exact) mass is 420 g/mol. The highest BCUT2D eigenvalue weighted by atomic mass is 16.1. The molecule has 0 N–H and O–H groups in total. The number of amides is 1. The molecule has 0 bridgehead atoms. The fourth-order valence-electron chi connectivity index (χ4n) is 5.49. The summed E-state index contributed by atoms with van der Waals surface area (Å²) in [5.74, 6) is 0.884. The lowest BCUT2D eigenvalue weighted by Gasteiger charge is -2.62. The Balaban J connectivity index is 1.43. The minimum atomic E-state index is -0.0146. The largest absolute Gasteiger partial charge is 0.349 e. The van der Waals surface area contributed by atoms with Crippen LogP contribution in [0.15, 0.2) is 85.1 Å². The molecule has 5 nitrogen and oxygen atoms in total. The Hall–Kier alpha value is -3.73. The van der Waals surface area contributed by atoms with Gasteiger partial charge in [-0.05, 0) is 35.2 Å². The first-order valence-corrected chi connectivity index (χ1v) is 11.1. The van der Waals surface area contributed by atoms with E-state index < -0.39 is 0 Å². The number of para-hydroxylation sites is 2.